The van der Waals surface area contributed by atoms with E-state index in [4.69, 9.17) is 9.72 Å². The average molecular weight is 733 g/mol. The molecule has 1 N–H and O–H groups in total. The predicted molar refractivity (Wildman–Crippen MR) is 204 cm³/mol. The quantitative estimate of drug-likeness (QED) is 0.232. The van der Waals surface area contributed by atoms with Gasteiger partial charge < -0.3 is 15.0 Å². The molecule has 4 heterocycles. The second-order valence-electron chi connectivity index (χ2n) is 14.5. The van der Waals surface area contributed by atoms with Crippen molar-refractivity contribution in [3.05, 3.63) is 76.7 Å². The molecule has 0 amide bonds. The van der Waals surface area contributed by atoms with Crippen LogP contribution in [0.4, 0.5) is 11.6 Å². The number of piperidine rings is 2. The molecule has 7 rings (SSSR count). The van der Waals surface area contributed by atoms with E-state index in [0.717, 1.165) is 92.4 Å². The van der Waals surface area contributed by atoms with E-state index in [-0.39, 0.29) is 28.9 Å². The molecule has 3 fully saturated rings. The molecule has 2 saturated heterocycles. The SMILES string of the molecule is CN1CCCC(Oc2ccc(Nc3ncc4cc(-c5ccc(C6CCN(S(C)(=O)=O)CC6)cc5)c(=O)n(C5CCC(S(C)=O)CC5)c4n3)cc2)C1. The molecule has 0 spiro atoms. The van der Waals surface area contributed by atoms with E-state index in [0.29, 0.717) is 30.2 Å². The van der Waals surface area contributed by atoms with Crippen LogP contribution in [0.25, 0.3) is 22.2 Å². The minimum atomic E-state index is -3.18. The zero-order valence-corrected chi connectivity index (χ0v) is 31.3. The van der Waals surface area contributed by atoms with E-state index >= 15 is 0 Å². The molecule has 1 aliphatic carbocycles. The van der Waals surface area contributed by atoms with Crippen molar-refractivity contribution in [3.63, 3.8) is 0 Å². The van der Waals surface area contributed by atoms with Crippen LogP contribution in [0.2, 0.25) is 0 Å². The summed E-state index contributed by atoms with van der Waals surface area (Å²) in [5.41, 5.74) is 3.86. The second kappa shape index (κ2) is 15.1. The maximum Gasteiger partial charge on any atom is 0.260 e. The molecule has 11 nitrogen and oxygen atoms in total. The number of nitrogens with one attached hydrogen (secondary N) is 1. The van der Waals surface area contributed by atoms with E-state index in [9.17, 15) is 17.4 Å². The van der Waals surface area contributed by atoms with Crippen LogP contribution in [-0.4, -0.2) is 93.5 Å². The third-order valence-corrected chi connectivity index (χ3v) is 13.6. The number of benzene rings is 2. The molecule has 2 aromatic heterocycles. The van der Waals surface area contributed by atoms with Crippen molar-refractivity contribution in [2.24, 2.45) is 0 Å². The van der Waals surface area contributed by atoms with E-state index < -0.39 is 20.8 Å². The number of hydrogen-bond acceptors (Lipinski definition) is 9. The van der Waals surface area contributed by atoms with Crippen molar-refractivity contribution in [1.82, 2.24) is 23.7 Å². The summed E-state index contributed by atoms with van der Waals surface area (Å²) in [5.74, 6) is 1.50. The van der Waals surface area contributed by atoms with Crippen LogP contribution >= 0.6 is 0 Å². The number of fused-ring (bicyclic) bond motifs is 1. The summed E-state index contributed by atoms with van der Waals surface area (Å²) in [6, 6.07) is 17.8. The Morgan fingerprint density at radius 1 is 0.922 bits per heavy atom. The van der Waals surface area contributed by atoms with Crippen LogP contribution in [0, 0.1) is 0 Å². The van der Waals surface area contributed by atoms with Gasteiger partial charge in [0.05, 0.1) is 6.26 Å². The standard InChI is InChI=1S/C38H48N6O5S2/c1-42-20-4-5-33(25-42)49-32-14-10-30(11-15-32)40-38-39-24-29-23-35(37(45)44(36(29)41-38)31-12-16-34(17-13-31)50(2)46)28-8-6-26(7-9-28)27-18-21-43(22-19-27)51(3,47)48/h6-11,14-15,23-24,27,31,33-34H,4-5,12-13,16-22,25H2,1-3H3,(H,39,40,41). The minimum absolute atomic E-state index is 0.0722. The van der Waals surface area contributed by atoms with Gasteiger partial charge in [0, 0.05) is 70.8 Å². The van der Waals surface area contributed by atoms with Gasteiger partial charge in [0.1, 0.15) is 17.5 Å². The predicted octanol–water partition coefficient (Wildman–Crippen LogP) is 5.68. The molecule has 0 radical (unpaired) electrons. The molecule has 1 saturated carbocycles. The number of aromatic nitrogens is 3. The highest BCUT2D eigenvalue weighted by atomic mass is 32.2. The van der Waals surface area contributed by atoms with Gasteiger partial charge in [-0.05, 0) is 112 Å². The summed E-state index contributed by atoms with van der Waals surface area (Å²) in [5, 5.41) is 4.23. The molecular formula is C38H48N6O5S2. The third kappa shape index (κ3) is 8.21. The van der Waals surface area contributed by atoms with Crippen molar-refractivity contribution in [3.8, 4) is 16.9 Å². The number of ether oxygens (including phenoxy) is 1. The average Bonchev–Trinajstić information content (AvgIpc) is 3.12. The molecule has 2 aromatic carbocycles. The second-order valence-corrected chi connectivity index (χ2v) is 18.1. The van der Waals surface area contributed by atoms with E-state index in [1.165, 1.54) is 6.26 Å². The van der Waals surface area contributed by atoms with Crippen LogP contribution in [0.1, 0.15) is 68.9 Å². The summed E-state index contributed by atoms with van der Waals surface area (Å²) in [4.78, 5) is 26.3. The van der Waals surface area contributed by atoms with Gasteiger partial charge in [-0.25, -0.2) is 17.7 Å². The number of nitrogens with zero attached hydrogens (tertiary/aromatic N) is 5. The number of sulfonamides is 1. The zero-order valence-electron chi connectivity index (χ0n) is 29.7. The number of likely N-dealkylation sites (tertiary alicyclic amines) is 1. The maximum absolute atomic E-state index is 14.4. The molecule has 13 heteroatoms. The lowest BCUT2D eigenvalue weighted by molar-refractivity contribution is 0.104. The van der Waals surface area contributed by atoms with Crippen LogP contribution < -0.4 is 15.6 Å². The fourth-order valence-electron chi connectivity index (χ4n) is 7.97. The van der Waals surface area contributed by atoms with Crippen molar-refractivity contribution < 1.29 is 17.4 Å². The topological polar surface area (TPSA) is 127 Å². The Balaban J connectivity index is 1.15. The van der Waals surface area contributed by atoms with E-state index in [1.54, 1.807) is 16.8 Å². The highest BCUT2D eigenvalue weighted by Crippen LogP contribution is 2.34. The van der Waals surface area contributed by atoms with Crippen molar-refractivity contribution >= 4 is 43.5 Å². The number of likely N-dealkylation sites (N-methyl/N-ethyl adjacent to an activating group) is 1. The van der Waals surface area contributed by atoms with Gasteiger partial charge in [-0.3, -0.25) is 13.6 Å². The molecule has 0 bridgehead atoms. The first-order chi connectivity index (χ1) is 24.5. The Morgan fingerprint density at radius 2 is 1.63 bits per heavy atom. The number of pyridine rings is 1. The minimum Gasteiger partial charge on any atom is -0.489 e. The van der Waals surface area contributed by atoms with Gasteiger partial charge in [0.2, 0.25) is 16.0 Å². The van der Waals surface area contributed by atoms with Crippen LogP contribution in [0.3, 0.4) is 0 Å². The fourth-order valence-corrected chi connectivity index (χ4v) is 9.78. The van der Waals surface area contributed by atoms with Gasteiger partial charge in [0.15, 0.2) is 0 Å². The van der Waals surface area contributed by atoms with Crippen molar-refractivity contribution in [2.75, 3.05) is 51.1 Å². The van der Waals surface area contributed by atoms with E-state index in [1.807, 2.05) is 47.0 Å². The Kier molecular flexibility index (Phi) is 10.6. The zero-order chi connectivity index (χ0) is 35.7. The molecule has 2 atom stereocenters. The Bertz CT molecular complexity index is 2040. The first-order valence-corrected chi connectivity index (χ1v) is 21.5. The molecule has 4 aromatic rings. The molecule has 3 aliphatic rings. The van der Waals surface area contributed by atoms with Gasteiger partial charge in [0.25, 0.3) is 5.56 Å². The highest BCUT2D eigenvalue weighted by Gasteiger charge is 2.29. The van der Waals surface area contributed by atoms with E-state index in [2.05, 4.69) is 34.4 Å². The van der Waals surface area contributed by atoms with Gasteiger partial charge in [-0.15, -0.1) is 0 Å². The summed E-state index contributed by atoms with van der Waals surface area (Å²) in [7, 11) is -1.96. The lowest BCUT2D eigenvalue weighted by Gasteiger charge is -2.30. The fraction of sp³-hybridized carbons (Fsp3) is 0.500. The first-order valence-electron chi connectivity index (χ1n) is 18.0. The number of rotatable bonds is 9. The monoisotopic (exact) mass is 732 g/mol. The molecule has 2 aliphatic heterocycles. The van der Waals surface area contributed by atoms with Gasteiger partial charge in [-0.1, -0.05) is 24.3 Å². The number of hydrogen-bond donors (Lipinski definition) is 1. The van der Waals surface area contributed by atoms with Crippen LogP contribution in [-0.2, 0) is 20.8 Å². The smallest absolute Gasteiger partial charge is 0.260 e. The molecular weight excluding hydrogens is 685 g/mol. The number of anilines is 2. The lowest BCUT2D eigenvalue weighted by atomic mass is 9.89. The van der Waals surface area contributed by atoms with Gasteiger partial charge >= 0.3 is 0 Å². The highest BCUT2D eigenvalue weighted by molar-refractivity contribution is 7.88. The summed E-state index contributed by atoms with van der Waals surface area (Å²) >= 11 is 0. The molecule has 272 valence electrons. The summed E-state index contributed by atoms with van der Waals surface area (Å²) in [6.45, 7) is 3.06. The molecule has 2 unspecified atom stereocenters. The third-order valence-electron chi connectivity index (χ3n) is 10.9. The Morgan fingerprint density at radius 3 is 2.27 bits per heavy atom. The van der Waals surface area contributed by atoms with Crippen LogP contribution in [0.5, 0.6) is 5.75 Å². The van der Waals surface area contributed by atoms with Crippen molar-refractivity contribution in [2.45, 2.75) is 74.7 Å². The van der Waals surface area contributed by atoms with Gasteiger partial charge in [-0.2, -0.15) is 4.98 Å². The molecule has 51 heavy (non-hydrogen) atoms. The first kappa shape index (κ1) is 35.7. The summed E-state index contributed by atoms with van der Waals surface area (Å²) in [6.07, 6.45) is 11.8. The summed E-state index contributed by atoms with van der Waals surface area (Å²) < 4.78 is 45.9. The Hall–Kier alpha value is -3.65. The Labute approximate surface area is 302 Å². The van der Waals surface area contributed by atoms with Crippen LogP contribution in [0.15, 0.2) is 65.6 Å². The lowest BCUT2D eigenvalue weighted by Crippen LogP contribution is -2.38. The normalized spacial score (nSPS) is 23.2. The van der Waals surface area contributed by atoms with Crippen molar-refractivity contribution in [1.29, 1.82) is 0 Å². The maximum atomic E-state index is 14.4. The largest absolute Gasteiger partial charge is 0.489 e.